The van der Waals surface area contributed by atoms with Crippen molar-refractivity contribution < 1.29 is 4.79 Å². The van der Waals surface area contributed by atoms with Crippen molar-refractivity contribution in [2.75, 3.05) is 12.3 Å². The Balaban J connectivity index is 2.54. The highest BCUT2D eigenvalue weighted by Gasteiger charge is 2.00. The molecule has 0 aromatic heterocycles. The highest BCUT2D eigenvalue weighted by molar-refractivity contribution is 7.80. The minimum atomic E-state index is -0.0374. The molecule has 0 heterocycles. The third kappa shape index (κ3) is 2.58. The van der Waals surface area contributed by atoms with Crippen molar-refractivity contribution in [2.45, 2.75) is 0 Å². The number of amides is 1. The topological polar surface area (TPSA) is 29.1 Å². The van der Waals surface area contributed by atoms with Gasteiger partial charge in [-0.2, -0.15) is 12.6 Å². The number of rotatable bonds is 3. The van der Waals surface area contributed by atoms with Gasteiger partial charge in [0.2, 0.25) is 0 Å². The summed E-state index contributed by atoms with van der Waals surface area (Å²) >= 11 is 3.99. The molecular formula is C9H11NOS. The molecular weight excluding hydrogens is 170 g/mol. The van der Waals surface area contributed by atoms with Gasteiger partial charge in [-0.25, -0.2) is 0 Å². The predicted molar refractivity (Wildman–Crippen MR) is 52.6 cm³/mol. The van der Waals surface area contributed by atoms with Gasteiger partial charge in [-0.1, -0.05) is 18.2 Å². The molecule has 1 aromatic rings. The van der Waals surface area contributed by atoms with Crippen LogP contribution in [0, 0.1) is 0 Å². The highest BCUT2D eigenvalue weighted by Crippen LogP contribution is 1.96. The Kier molecular flexibility index (Phi) is 3.67. The van der Waals surface area contributed by atoms with Gasteiger partial charge < -0.3 is 5.32 Å². The van der Waals surface area contributed by atoms with Gasteiger partial charge in [0.25, 0.3) is 5.91 Å². The van der Waals surface area contributed by atoms with Crippen LogP contribution >= 0.6 is 12.6 Å². The minimum absolute atomic E-state index is 0.0374. The van der Waals surface area contributed by atoms with E-state index in [0.717, 1.165) is 0 Å². The lowest BCUT2D eigenvalue weighted by atomic mass is 10.2. The molecule has 0 aliphatic rings. The average molecular weight is 181 g/mol. The fourth-order valence-corrected chi connectivity index (χ4v) is 0.973. The lowest BCUT2D eigenvalue weighted by molar-refractivity contribution is 0.0956. The van der Waals surface area contributed by atoms with Gasteiger partial charge in [0, 0.05) is 17.9 Å². The van der Waals surface area contributed by atoms with E-state index >= 15 is 0 Å². The molecule has 1 amide bonds. The van der Waals surface area contributed by atoms with Crippen LogP contribution in [0.15, 0.2) is 30.3 Å². The SMILES string of the molecule is O=C(NCCS)c1ccccc1. The number of hydrogen-bond acceptors (Lipinski definition) is 2. The normalized spacial score (nSPS) is 9.42. The molecule has 0 saturated heterocycles. The number of carbonyl (C=O) groups is 1. The van der Waals surface area contributed by atoms with Crippen molar-refractivity contribution in [3.63, 3.8) is 0 Å². The summed E-state index contributed by atoms with van der Waals surface area (Å²) in [7, 11) is 0. The maximum absolute atomic E-state index is 11.3. The molecule has 0 fully saturated rings. The summed E-state index contributed by atoms with van der Waals surface area (Å²) in [5, 5.41) is 2.73. The van der Waals surface area contributed by atoms with E-state index in [1.54, 1.807) is 12.1 Å². The van der Waals surface area contributed by atoms with Crippen LogP contribution in [0.5, 0.6) is 0 Å². The first-order valence-corrected chi connectivity index (χ1v) is 4.42. The quantitative estimate of drug-likeness (QED) is 0.677. The zero-order chi connectivity index (χ0) is 8.81. The number of benzene rings is 1. The van der Waals surface area contributed by atoms with Crippen LogP contribution in [-0.4, -0.2) is 18.2 Å². The number of hydrogen-bond donors (Lipinski definition) is 2. The Morgan fingerprint density at radius 1 is 1.33 bits per heavy atom. The fourth-order valence-electron chi connectivity index (χ4n) is 0.861. The Bertz CT molecular complexity index is 248. The van der Waals surface area contributed by atoms with Gasteiger partial charge in [-0.3, -0.25) is 4.79 Å². The first-order valence-electron chi connectivity index (χ1n) is 3.78. The van der Waals surface area contributed by atoms with E-state index in [-0.39, 0.29) is 5.91 Å². The minimum Gasteiger partial charge on any atom is -0.351 e. The van der Waals surface area contributed by atoms with Crippen molar-refractivity contribution in [3.05, 3.63) is 35.9 Å². The zero-order valence-electron chi connectivity index (χ0n) is 6.66. The van der Waals surface area contributed by atoms with E-state index in [9.17, 15) is 4.79 Å². The third-order valence-corrected chi connectivity index (χ3v) is 1.66. The summed E-state index contributed by atoms with van der Waals surface area (Å²) in [6.45, 7) is 0.608. The Morgan fingerprint density at radius 3 is 2.58 bits per heavy atom. The van der Waals surface area contributed by atoms with E-state index < -0.39 is 0 Å². The van der Waals surface area contributed by atoms with Crippen molar-refractivity contribution >= 4 is 18.5 Å². The standard InChI is InChI=1S/C9H11NOS/c11-9(10-6-7-12)8-4-2-1-3-5-8/h1-5,12H,6-7H2,(H,10,11). The lowest BCUT2D eigenvalue weighted by Gasteiger charge is -2.01. The monoisotopic (exact) mass is 181 g/mol. The first kappa shape index (κ1) is 9.13. The van der Waals surface area contributed by atoms with Gasteiger partial charge in [0.05, 0.1) is 0 Å². The summed E-state index contributed by atoms with van der Waals surface area (Å²) in [6, 6.07) is 9.14. The zero-order valence-corrected chi connectivity index (χ0v) is 7.55. The second kappa shape index (κ2) is 4.83. The number of carbonyl (C=O) groups excluding carboxylic acids is 1. The molecule has 0 radical (unpaired) electrons. The van der Waals surface area contributed by atoms with Gasteiger partial charge in [-0.15, -0.1) is 0 Å². The van der Waals surface area contributed by atoms with Crippen molar-refractivity contribution in [1.29, 1.82) is 0 Å². The van der Waals surface area contributed by atoms with E-state index in [4.69, 9.17) is 0 Å². The Hall–Kier alpha value is -0.960. The maximum Gasteiger partial charge on any atom is 0.251 e. The van der Waals surface area contributed by atoms with Crippen LogP contribution in [0.3, 0.4) is 0 Å². The summed E-state index contributed by atoms with van der Waals surface area (Å²) in [4.78, 5) is 11.3. The van der Waals surface area contributed by atoms with Gasteiger partial charge in [-0.05, 0) is 12.1 Å². The van der Waals surface area contributed by atoms with Crippen LogP contribution in [0.4, 0.5) is 0 Å². The fraction of sp³-hybridized carbons (Fsp3) is 0.222. The molecule has 0 aliphatic heterocycles. The first-order chi connectivity index (χ1) is 5.84. The molecule has 0 saturated carbocycles. The van der Waals surface area contributed by atoms with E-state index in [0.29, 0.717) is 17.9 Å². The molecule has 0 unspecified atom stereocenters. The lowest BCUT2D eigenvalue weighted by Crippen LogP contribution is -2.25. The molecule has 0 spiro atoms. The van der Waals surface area contributed by atoms with Crippen molar-refractivity contribution in [1.82, 2.24) is 5.32 Å². The summed E-state index contributed by atoms with van der Waals surface area (Å²) in [5.74, 6) is 0.628. The van der Waals surface area contributed by atoms with Gasteiger partial charge in [0.15, 0.2) is 0 Å². The smallest absolute Gasteiger partial charge is 0.251 e. The molecule has 1 N–H and O–H groups in total. The Labute approximate surface area is 77.4 Å². The second-order valence-electron chi connectivity index (χ2n) is 2.35. The molecule has 12 heavy (non-hydrogen) atoms. The molecule has 64 valence electrons. The van der Waals surface area contributed by atoms with Crippen LogP contribution in [0.2, 0.25) is 0 Å². The van der Waals surface area contributed by atoms with E-state index in [2.05, 4.69) is 17.9 Å². The second-order valence-corrected chi connectivity index (χ2v) is 2.79. The van der Waals surface area contributed by atoms with E-state index in [1.165, 1.54) is 0 Å². The average Bonchev–Trinajstić information content (AvgIpc) is 2.15. The summed E-state index contributed by atoms with van der Waals surface area (Å²) in [5.41, 5.74) is 0.694. The number of thiol groups is 1. The predicted octanol–water partition coefficient (Wildman–Crippen LogP) is 1.35. The molecule has 2 nitrogen and oxygen atoms in total. The molecule has 0 aliphatic carbocycles. The maximum atomic E-state index is 11.3. The van der Waals surface area contributed by atoms with Crippen LogP contribution < -0.4 is 5.32 Å². The summed E-state index contributed by atoms with van der Waals surface area (Å²) in [6.07, 6.45) is 0. The van der Waals surface area contributed by atoms with Crippen molar-refractivity contribution in [3.8, 4) is 0 Å². The van der Waals surface area contributed by atoms with Crippen molar-refractivity contribution in [2.24, 2.45) is 0 Å². The third-order valence-electron chi connectivity index (χ3n) is 1.43. The van der Waals surface area contributed by atoms with Crippen LogP contribution in [-0.2, 0) is 0 Å². The largest absolute Gasteiger partial charge is 0.351 e. The summed E-state index contributed by atoms with van der Waals surface area (Å²) < 4.78 is 0. The van der Waals surface area contributed by atoms with Crippen LogP contribution in [0.25, 0.3) is 0 Å². The van der Waals surface area contributed by atoms with Gasteiger partial charge >= 0.3 is 0 Å². The molecule has 3 heteroatoms. The number of nitrogens with one attached hydrogen (secondary N) is 1. The van der Waals surface area contributed by atoms with Crippen LogP contribution in [0.1, 0.15) is 10.4 Å². The molecule has 0 atom stereocenters. The molecule has 0 bridgehead atoms. The van der Waals surface area contributed by atoms with Gasteiger partial charge in [0.1, 0.15) is 0 Å². The Morgan fingerprint density at radius 2 is 2.00 bits per heavy atom. The molecule has 1 rings (SSSR count). The molecule has 1 aromatic carbocycles. The highest BCUT2D eigenvalue weighted by atomic mass is 32.1. The van der Waals surface area contributed by atoms with E-state index in [1.807, 2.05) is 18.2 Å².